The molecule has 2 fully saturated rings. The first kappa shape index (κ1) is 42.4. The molecule has 3 aliphatic carbocycles. The molecule has 57 heavy (non-hydrogen) atoms. The topological polar surface area (TPSA) is 191 Å². The number of hydrogen-bond donors (Lipinski definition) is 3. The third-order valence-corrected chi connectivity index (χ3v) is 11.6. The van der Waals surface area contributed by atoms with Crippen LogP contribution in [0.4, 0.5) is 5.69 Å². The van der Waals surface area contributed by atoms with Crippen molar-refractivity contribution in [2.75, 3.05) is 66.1 Å². The number of anilines is 1. The summed E-state index contributed by atoms with van der Waals surface area (Å²) in [5, 5.41) is 18.8. The molecule has 0 saturated carbocycles. The minimum absolute atomic E-state index is 0.0103. The highest BCUT2D eigenvalue weighted by molar-refractivity contribution is 6.05. The Kier molecular flexibility index (Phi) is 11.3. The van der Waals surface area contributed by atoms with Crippen molar-refractivity contribution in [3.8, 4) is 5.75 Å². The normalized spacial score (nSPS) is 25.9. The minimum atomic E-state index is -2.06. The van der Waals surface area contributed by atoms with Crippen LogP contribution in [0.1, 0.15) is 71.6 Å². The number of ether oxygens (including phenoxy) is 6. The van der Waals surface area contributed by atoms with Crippen molar-refractivity contribution in [1.29, 1.82) is 0 Å². The molecule has 5 aliphatic rings. The molecule has 2 spiro atoms. The highest BCUT2D eigenvalue weighted by Crippen LogP contribution is 2.67. The first-order valence-corrected chi connectivity index (χ1v) is 19.3. The average molecular weight is 797 g/mol. The molecule has 2 amide bonds. The van der Waals surface area contributed by atoms with E-state index in [4.69, 9.17) is 28.4 Å². The van der Waals surface area contributed by atoms with Crippen molar-refractivity contribution in [1.82, 2.24) is 15.5 Å². The first-order chi connectivity index (χ1) is 26.6. The van der Waals surface area contributed by atoms with Gasteiger partial charge in [0.05, 0.1) is 50.0 Å². The van der Waals surface area contributed by atoms with Gasteiger partial charge in [-0.05, 0) is 72.2 Å². The number of Topliss-reactive ketones (excluding diaryl/α,β-unsaturated/α-hetero) is 1. The second kappa shape index (κ2) is 15.2. The second-order valence-corrected chi connectivity index (χ2v) is 17.1. The van der Waals surface area contributed by atoms with Gasteiger partial charge >= 0.3 is 11.9 Å². The Morgan fingerprint density at radius 1 is 0.930 bits per heavy atom. The molecule has 312 valence electrons. The van der Waals surface area contributed by atoms with Crippen LogP contribution in [0, 0.1) is 17.3 Å². The van der Waals surface area contributed by atoms with Gasteiger partial charge < -0.3 is 43.7 Å². The van der Waals surface area contributed by atoms with Crippen molar-refractivity contribution < 1.29 is 57.5 Å². The van der Waals surface area contributed by atoms with Crippen LogP contribution >= 0.6 is 0 Å². The molecule has 2 aliphatic heterocycles. The molecule has 2 heterocycles. The lowest BCUT2D eigenvalue weighted by Gasteiger charge is -2.60. The highest BCUT2D eigenvalue weighted by atomic mass is 16.7. The number of aliphatic hydroxyl groups excluding tert-OH is 1. The van der Waals surface area contributed by atoms with Gasteiger partial charge in [0, 0.05) is 69.6 Å². The number of ketones is 1. The number of imide groups is 1. The molecule has 16 heteroatoms. The van der Waals surface area contributed by atoms with Crippen LogP contribution in [-0.4, -0.2) is 118 Å². The number of nitrogens with one attached hydrogen (secondary N) is 2. The third-order valence-electron chi connectivity index (χ3n) is 11.6. The zero-order chi connectivity index (χ0) is 42.0. The summed E-state index contributed by atoms with van der Waals surface area (Å²) in [5.41, 5.74) is 0.436. The SMILES string of the molecule is CC(=O)NC(=O)C1=C(OC(C)=O)[C@@H](N(C)C)[C@@H]2C[C@@H]3Cc4c(N(C)C)cc(CC(=O)CNC(C)(C)C)c(OC(C)=O)c4C4(OCCO4)C3=C(O)[C@]2(C)C12OCCO2. The predicted octanol–water partition coefficient (Wildman–Crippen LogP) is 2.55. The number of rotatable bonds is 9. The molecule has 0 unspecified atom stereocenters. The third kappa shape index (κ3) is 7.07. The largest absolute Gasteiger partial charge is 0.511 e. The monoisotopic (exact) mass is 796 g/mol. The lowest BCUT2D eigenvalue weighted by atomic mass is 9.51. The summed E-state index contributed by atoms with van der Waals surface area (Å²) in [6.45, 7) is 11.6. The van der Waals surface area contributed by atoms with Gasteiger partial charge in [-0.3, -0.25) is 34.2 Å². The zero-order valence-corrected chi connectivity index (χ0v) is 34.8. The summed E-state index contributed by atoms with van der Waals surface area (Å²) in [6, 6.07) is 1.05. The predicted molar refractivity (Wildman–Crippen MR) is 205 cm³/mol. The Morgan fingerprint density at radius 3 is 2.05 bits per heavy atom. The quantitative estimate of drug-likeness (QED) is 0.244. The van der Waals surface area contributed by atoms with E-state index in [1.165, 1.54) is 20.8 Å². The summed E-state index contributed by atoms with van der Waals surface area (Å²) in [7, 11) is 7.30. The summed E-state index contributed by atoms with van der Waals surface area (Å²) >= 11 is 0. The van der Waals surface area contributed by atoms with Gasteiger partial charge in [0.25, 0.3) is 5.91 Å². The van der Waals surface area contributed by atoms with Gasteiger partial charge in [-0.1, -0.05) is 0 Å². The Balaban J connectivity index is 1.67. The molecule has 4 atom stereocenters. The van der Waals surface area contributed by atoms with Gasteiger partial charge in [-0.2, -0.15) is 0 Å². The first-order valence-electron chi connectivity index (χ1n) is 19.3. The molecule has 2 saturated heterocycles. The van der Waals surface area contributed by atoms with E-state index in [0.717, 1.165) is 11.3 Å². The maximum absolute atomic E-state index is 14.2. The van der Waals surface area contributed by atoms with E-state index < -0.39 is 58.6 Å². The van der Waals surface area contributed by atoms with E-state index in [1.807, 2.05) is 45.8 Å². The van der Waals surface area contributed by atoms with Crippen molar-refractivity contribution in [2.45, 2.75) is 90.9 Å². The van der Waals surface area contributed by atoms with E-state index in [0.29, 0.717) is 29.5 Å². The lowest BCUT2D eigenvalue weighted by Crippen LogP contribution is -2.67. The number of amides is 2. The number of carbonyl (C=O) groups is 5. The van der Waals surface area contributed by atoms with E-state index in [-0.39, 0.29) is 73.6 Å². The smallest absolute Gasteiger partial charge is 0.308 e. The van der Waals surface area contributed by atoms with E-state index >= 15 is 0 Å². The van der Waals surface area contributed by atoms with Crippen LogP contribution in [-0.2, 0) is 66.3 Å². The summed E-state index contributed by atoms with van der Waals surface area (Å²) in [6.07, 6.45) is 0.552. The van der Waals surface area contributed by atoms with Crippen molar-refractivity contribution in [3.63, 3.8) is 0 Å². The van der Waals surface area contributed by atoms with Gasteiger partial charge in [0.2, 0.25) is 17.5 Å². The fourth-order valence-corrected chi connectivity index (χ4v) is 9.54. The Bertz CT molecular complexity index is 1930. The van der Waals surface area contributed by atoms with E-state index in [2.05, 4.69) is 10.6 Å². The van der Waals surface area contributed by atoms with Crippen LogP contribution in [0.25, 0.3) is 0 Å². The Labute approximate surface area is 333 Å². The van der Waals surface area contributed by atoms with E-state index in [9.17, 15) is 29.1 Å². The average Bonchev–Trinajstić information content (AvgIpc) is 3.77. The van der Waals surface area contributed by atoms with Gasteiger partial charge in [-0.15, -0.1) is 0 Å². The van der Waals surface area contributed by atoms with Crippen LogP contribution in [0.15, 0.2) is 28.7 Å². The van der Waals surface area contributed by atoms with Crippen molar-refractivity contribution in [2.24, 2.45) is 17.3 Å². The number of hydrogen-bond acceptors (Lipinski definition) is 15. The molecule has 1 aromatic carbocycles. The van der Waals surface area contributed by atoms with Gasteiger partial charge in [0.15, 0.2) is 5.78 Å². The van der Waals surface area contributed by atoms with Crippen molar-refractivity contribution >= 4 is 35.2 Å². The zero-order valence-electron chi connectivity index (χ0n) is 34.8. The number of likely N-dealkylation sites (N-methyl/N-ethyl adjacent to an activating group) is 1. The summed E-state index contributed by atoms with van der Waals surface area (Å²) < 4.78 is 38.2. The van der Waals surface area contributed by atoms with Crippen LogP contribution in [0.2, 0.25) is 0 Å². The second-order valence-electron chi connectivity index (χ2n) is 17.1. The van der Waals surface area contributed by atoms with Crippen LogP contribution in [0.5, 0.6) is 5.75 Å². The Hall–Kier alpha value is -4.19. The molecule has 0 aromatic heterocycles. The number of aliphatic hydroxyl groups is 1. The fourth-order valence-electron chi connectivity index (χ4n) is 9.54. The standard InChI is InChI=1S/C41H56N4O12/c1-21(46)43-37(51)32-35(57-23(3)48)33(45(10)11)28-18-24-17-27-29(44(8)9)19-25(16-26(49)20-42-38(4,5)6)34(56-22(2)47)31(27)40(52-12-13-53-40)30(24)36(50)39(28,7)41(32)54-14-15-55-41/h19,24,28,33,42,50H,12-18,20H2,1-11H3,(H,43,46,51)/t24-,28-,33-,39+/m0/s1. The number of carbonyl (C=O) groups excluding carboxylic acids is 5. The van der Waals surface area contributed by atoms with Crippen molar-refractivity contribution in [3.05, 3.63) is 45.4 Å². The fraction of sp³-hybridized carbons (Fsp3) is 0.634. The summed E-state index contributed by atoms with van der Waals surface area (Å²) in [4.78, 5) is 69.6. The maximum atomic E-state index is 14.2. The van der Waals surface area contributed by atoms with Crippen LogP contribution < -0.4 is 20.3 Å². The number of nitrogens with zero attached hydrogens (tertiary/aromatic N) is 2. The van der Waals surface area contributed by atoms with Crippen LogP contribution in [0.3, 0.4) is 0 Å². The molecule has 0 radical (unpaired) electrons. The number of esters is 2. The molecular formula is C41H56N4O12. The lowest BCUT2D eigenvalue weighted by molar-refractivity contribution is -0.245. The highest BCUT2D eigenvalue weighted by Gasteiger charge is 2.73. The number of benzene rings is 1. The van der Waals surface area contributed by atoms with Gasteiger partial charge in [-0.25, -0.2) is 0 Å². The van der Waals surface area contributed by atoms with E-state index in [1.54, 1.807) is 25.9 Å². The molecular weight excluding hydrogens is 740 g/mol. The molecule has 0 bridgehead atoms. The van der Waals surface area contributed by atoms with Gasteiger partial charge in [0.1, 0.15) is 22.8 Å². The number of fused-ring (bicyclic) bond motifs is 6. The minimum Gasteiger partial charge on any atom is -0.511 e. The molecule has 6 rings (SSSR count). The maximum Gasteiger partial charge on any atom is 0.308 e. The Morgan fingerprint density at radius 2 is 1.53 bits per heavy atom. The molecule has 3 N–H and O–H groups in total. The molecule has 1 aromatic rings. The molecule has 16 nitrogen and oxygen atoms in total. The summed E-state index contributed by atoms with van der Waals surface area (Å²) in [5.74, 6) is -8.22.